The minimum absolute atomic E-state index is 0.130. The van der Waals surface area contributed by atoms with Crippen LogP contribution >= 0.6 is 11.8 Å². The van der Waals surface area contributed by atoms with E-state index in [1.54, 1.807) is 43.2 Å². The Morgan fingerprint density at radius 2 is 1.88 bits per heavy atom. The van der Waals surface area contributed by atoms with E-state index in [-0.39, 0.29) is 5.78 Å². The molecule has 0 radical (unpaired) electrons. The van der Waals surface area contributed by atoms with Gasteiger partial charge in [0.25, 0.3) is 0 Å². The average Bonchev–Trinajstić information content (AvgIpc) is 3.21. The van der Waals surface area contributed by atoms with Crippen LogP contribution in [0.5, 0.6) is 5.75 Å². The topological polar surface area (TPSA) is 65.7 Å². The molecule has 0 amide bonds. The van der Waals surface area contributed by atoms with Crippen molar-refractivity contribution in [1.29, 1.82) is 0 Å². The molecule has 0 spiro atoms. The Morgan fingerprint density at radius 3 is 2.53 bits per heavy atom. The number of fused-ring (bicyclic) bond motifs is 1. The molecule has 5 nitrogen and oxygen atoms in total. The first-order valence-electron chi connectivity index (χ1n) is 10.4. The summed E-state index contributed by atoms with van der Waals surface area (Å²) in [5.41, 5.74) is 2.27. The Hall–Kier alpha value is -2.99. The van der Waals surface area contributed by atoms with Crippen LogP contribution in [-0.2, 0) is 9.53 Å². The van der Waals surface area contributed by atoms with Gasteiger partial charge in [0, 0.05) is 10.3 Å². The van der Waals surface area contributed by atoms with Crippen LogP contribution in [-0.4, -0.2) is 29.7 Å². The zero-order valence-corrected chi connectivity index (χ0v) is 20.0. The maximum Gasteiger partial charge on any atom is 0.347 e. The number of ketones is 1. The van der Waals surface area contributed by atoms with Crippen molar-refractivity contribution in [2.75, 3.05) is 6.26 Å². The summed E-state index contributed by atoms with van der Waals surface area (Å²) in [4.78, 5) is 26.0. The van der Waals surface area contributed by atoms with E-state index in [4.69, 9.17) is 13.9 Å². The van der Waals surface area contributed by atoms with Gasteiger partial charge in [0.2, 0.25) is 0 Å². The molecule has 0 aliphatic carbocycles. The van der Waals surface area contributed by atoms with E-state index < -0.39 is 17.7 Å². The number of thioether (sulfide) groups is 1. The fourth-order valence-corrected chi connectivity index (χ4v) is 3.79. The maximum absolute atomic E-state index is 12.8. The number of esters is 1. The molecular weight excluding hydrogens is 424 g/mol. The van der Waals surface area contributed by atoms with Crippen LogP contribution in [0, 0.1) is 6.92 Å². The molecule has 6 heteroatoms. The number of aryl methyl sites for hydroxylation is 1. The van der Waals surface area contributed by atoms with Gasteiger partial charge >= 0.3 is 5.97 Å². The van der Waals surface area contributed by atoms with Crippen LogP contribution < -0.4 is 4.74 Å². The standard InChI is InChI=1S/C26H28O5S/c1-16-15-18(8-11-22(16)30-17(2)25(28)31-26(3,4)5)7-10-21(27)19-9-12-23(32-6)20-13-14-29-24(19)20/h7-15,17H,1-6H3/b10-7+. The van der Waals surface area contributed by atoms with Gasteiger partial charge < -0.3 is 13.9 Å². The monoisotopic (exact) mass is 452 g/mol. The fraction of sp³-hybridized carbons (Fsp3) is 0.308. The first-order valence-corrected chi connectivity index (χ1v) is 11.6. The number of rotatable bonds is 7. The lowest BCUT2D eigenvalue weighted by Crippen LogP contribution is -2.33. The normalized spacial score (nSPS) is 12.8. The van der Waals surface area contributed by atoms with E-state index in [0.29, 0.717) is 16.9 Å². The lowest BCUT2D eigenvalue weighted by molar-refractivity contribution is -0.162. The lowest BCUT2D eigenvalue weighted by Gasteiger charge is -2.23. The molecule has 1 heterocycles. The summed E-state index contributed by atoms with van der Waals surface area (Å²) in [5.74, 6) is 0.0501. The van der Waals surface area contributed by atoms with Crippen LogP contribution in [0.1, 0.15) is 49.2 Å². The number of carbonyl (C=O) groups excluding carboxylic acids is 2. The molecule has 2 aromatic carbocycles. The predicted molar refractivity (Wildman–Crippen MR) is 128 cm³/mol. The van der Waals surface area contributed by atoms with Gasteiger partial charge in [-0.15, -0.1) is 11.8 Å². The Balaban J connectivity index is 1.72. The number of benzene rings is 2. The van der Waals surface area contributed by atoms with Gasteiger partial charge in [0.15, 0.2) is 11.9 Å². The van der Waals surface area contributed by atoms with Crippen LogP contribution in [0.3, 0.4) is 0 Å². The first-order chi connectivity index (χ1) is 15.1. The van der Waals surface area contributed by atoms with Gasteiger partial charge in [-0.05, 0) is 88.4 Å². The van der Waals surface area contributed by atoms with Crippen molar-refractivity contribution in [2.24, 2.45) is 0 Å². The summed E-state index contributed by atoms with van der Waals surface area (Å²) in [7, 11) is 0. The summed E-state index contributed by atoms with van der Waals surface area (Å²) in [5, 5.41) is 0.938. The molecule has 0 N–H and O–H groups in total. The van der Waals surface area contributed by atoms with E-state index in [2.05, 4.69) is 0 Å². The molecule has 32 heavy (non-hydrogen) atoms. The Labute approximate surface area is 192 Å². The Kier molecular flexibility index (Phi) is 7.14. The third-order valence-corrected chi connectivity index (χ3v) is 5.53. The zero-order valence-electron chi connectivity index (χ0n) is 19.2. The third-order valence-electron chi connectivity index (χ3n) is 4.73. The van der Waals surface area contributed by atoms with Crippen LogP contribution in [0.25, 0.3) is 17.0 Å². The highest BCUT2D eigenvalue weighted by molar-refractivity contribution is 7.98. The van der Waals surface area contributed by atoms with E-state index in [1.807, 2.05) is 58.2 Å². The molecule has 0 saturated heterocycles. The molecule has 168 valence electrons. The summed E-state index contributed by atoms with van der Waals surface area (Å²) in [6.07, 6.45) is 6.16. The molecule has 1 unspecified atom stereocenters. The lowest BCUT2D eigenvalue weighted by atomic mass is 10.1. The Morgan fingerprint density at radius 1 is 1.12 bits per heavy atom. The van der Waals surface area contributed by atoms with Crippen LogP contribution in [0.4, 0.5) is 0 Å². The van der Waals surface area contributed by atoms with Gasteiger partial charge in [0.05, 0.1) is 11.8 Å². The Bertz CT molecular complexity index is 1170. The molecule has 0 fully saturated rings. The zero-order chi connectivity index (χ0) is 23.5. The van der Waals surface area contributed by atoms with E-state index in [1.165, 1.54) is 6.08 Å². The van der Waals surface area contributed by atoms with Crippen LogP contribution in [0.15, 0.2) is 58.1 Å². The fourth-order valence-electron chi connectivity index (χ4n) is 3.20. The van der Waals surface area contributed by atoms with Crippen molar-refractivity contribution >= 4 is 40.6 Å². The second-order valence-corrected chi connectivity index (χ2v) is 9.34. The third kappa shape index (κ3) is 5.62. The molecular formula is C26H28O5S. The number of hydrogen-bond acceptors (Lipinski definition) is 6. The molecule has 1 atom stereocenters. The number of ether oxygens (including phenoxy) is 2. The quantitative estimate of drug-likeness (QED) is 0.177. The number of allylic oxidation sites excluding steroid dienone is 1. The molecule has 0 aliphatic rings. The molecule has 1 aromatic heterocycles. The molecule has 0 bridgehead atoms. The molecule has 3 aromatic rings. The highest BCUT2D eigenvalue weighted by Gasteiger charge is 2.23. The van der Waals surface area contributed by atoms with E-state index >= 15 is 0 Å². The van der Waals surface area contributed by atoms with E-state index in [9.17, 15) is 9.59 Å². The van der Waals surface area contributed by atoms with Gasteiger partial charge in [-0.3, -0.25) is 4.79 Å². The summed E-state index contributed by atoms with van der Waals surface area (Å²) in [6, 6.07) is 11.1. The number of furan rings is 1. The highest BCUT2D eigenvalue weighted by Crippen LogP contribution is 2.30. The van der Waals surface area contributed by atoms with Crippen molar-refractivity contribution in [3.8, 4) is 5.75 Å². The van der Waals surface area contributed by atoms with Crippen molar-refractivity contribution < 1.29 is 23.5 Å². The highest BCUT2D eigenvalue weighted by atomic mass is 32.2. The SMILES string of the molecule is CSc1ccc(C(=O)/C=C/c2ccc(OC(C)C(=O)OC(C)(C)C)c(C)c2)c2occc12. The molecule has 0 aliphatic heterocycles. The number of carbonyl (C=O) groups is 2. The van der Waals surface area contributed by atoms with Crippen molar-refractivity contribution in [2.45, 2.75) is 51.2 Å². The average molecular weight is 453 g/mol. The van der Waals surface area contributed by atoms with Crippen molar-refractivity contribution in [3.63, 3.8) is 0 Å². The predicted octanol–water partition coefficient (Wildman–Crippen LogP) is 6.47. The van der Waals surface area contributed by atoms with Gasteiger partial charge in [-0.1, -0.05) is 12.1 Å². The first kappa shape index (κ1) is 23.7. The largest absolute Gasteiger partial charge is 0.479 e. The minimum Gasteiger partial charge on any atom is -0.479 e. The maximum atomic E-state index is 12.8. The number of hydrogen-bond donors (Lipinski definition) is 0. The van der Waals surface area contributed by atoms with Crippen LogP contribution in [0.2, 0.25) is 0 Å². The second-order valence-electron chi connectivity index (χ2n) is 8.49. The van der Waals surface area contributed by atoms with Gasteiger partial charge in [-0.25, -0.2) is 4.79 Å². The summed E-state index contributed by atoms with van der Waals surface area (Å²) in [6.45, 7) is 9.01. The summed E-state index contributed by atoms with van der Waals surface area (Å²) < 4.78 is 16.7. The van der Waals surface area contributed by atoms with Gasteiger partial charge in [0.1, 0.15) is 16.9 Å². The smallest absolute Gasteiger partial charge is 0.347 e. The molecule has 0 saturated carbocycles. The van der Waals surface area contributed by atoms with Crippen molar-refractivity contribution in [3.05, 3.63) is 65.4 Å². The van der Waals surface area contributed by atoms with E-state index in [0.717, 1.165) is 21.4 Å². The van der Waals surface area contributed by atoms with Crippen molar-refractivity contribution in [1.82, 2.24) is 0 Å². The summed E-state index contributed by atoms with van der Waals surface area (Å²) >= 11 is 1.61. The van der Waals surface area contributed by atoms with Gasteiger partial charge in [-0.2, -0.15) is 0 Å². The molecule has 3 rings (SSSR count). The second kappa shape index (κ2) is 9.65. The minimum atomic E-state index is -0.726.